The Morgan fingerprint density at radius 2 is 1.81 bits per heavy atom. The zero-order valence-electron chi connectivity index (χ0n) is 12.7. The summed E-state index contributed by atoms with van der Waals surface area (Å²) >= 11 is 0. The maximum atomic E-state index is 12.2. The molecule has 2 aromatic rings. The van der Waals surface area contributed by atoms with Gasteiger partial charge in [-0.05, 0) is 42.3 Å². The van der Waals surface area contributed by atoms with E-state index < -0.39 is 0 Å². The lowest BCUT2D eigenvalue weighted by Crippen LogP contribution is -2.14. The van der Waals surface area contributed by atoms with Crippen LogP contribution in [0.25, 0.3) is 0 Å². The van der Waals surface area contributed by atoms with Crippen molar-refractivity contribution in [2.75, 3.05) is 24.3 Å². The fraction of sp³-hybridized carbons (Fsp3) is 0.235. The van der Waals surface area contributed by atoms with Crippen LogP contribution in [0.2, 0.25) is 0 Å². The van der Waals surface area contributed by atoms with Gasteiger partial charge in [0.25, 0.3) is 5.91 Å². The van der Waals surface area contributed by atoms with Crippen LogP contribution in [0.15, 0.2) is 42.5 Å². The molecule has 2 aromatic carbocycles. The Kier molecular flexibility index (Phi) is 4.60. The van der Waals surface area contributed by atoms with Crippen molar-refractivity contribution in [2.45, 2.75) is 13.5 Å². The van der Waals surface area contributed by atoms with E-state index in [1.807, 2.05) is 56.3 Å². The van der Waals surface area contributed by atoms with Gasteiger partial charge < -0.3 is 16.0 Å². The van der Waals surface area contributed by atoms with E-state index in [2.05, 4.69) is 5.32 Å². The second-order valence-corrected chi connectivity index (χ2v) is 5.25. The highest BCUT2D eigenvalue weighted by atomic mass is 16.1. The van der Waals surface area contributed by atoms with Gasteiger partial charge in [0.15, 0.2) is 0 Å². The molecule has 3 N–H and O–H groups in total. The molecule has 1 amide bonds. The molecule has 2 rings (SSSR count). The van der Waals surface area contributed by atoms with Crippen LogP contribution < -0.4 is 16.0 Å². The normalized spacial score (nSPS) is 10.3. The molecule has 0 aliphatic heterocycles. The first-order valence-corrected chi connectivity index (χ1v) is 6.89. The van der Waals surface area contributed by atoms with Gasteiger partial charge in [0.2, 0.25) is 0 Å². The summed E-state index contributed by atoms with van der Waals surface area (Å²) in [5.74, 6) is -0.118. The van der Waals surface area contributed by atoms with Crippen LogP contribution in [0.4, 0.5) is 11.4 Å². The third kappa shape index (κ3) is 3.61. The molecule has 0 aromatic heterocycles. The minimum absolute atomic E-state index is 0.118. The number of nitrogens with two attached hydrogens (primary N) is 1. The Bertz CT molecular complexity index is 633. The zero-order valence-corrected chi connectivity index (χ0v) is 12.7. The summed E-state index contributed by atoms with van der Waals surface area (Å²) in [5, 5.41) is 2.92. The quantitative estimate of drug-likeness (QED) is 0.907. The molecule has 0 heterocycles. The number of anilines is 2. The smallest absolute Gasteiger partial charge is 0.255 e. The molecule has 0 fully saturated rings. The van der Waals surface area contributed by atoms with Gasteiger partial charge >= 0.3 is 0 Å². The second-order valence-electron chi connectivity index (χ2n) is 5.25. The molecule has 0 saturated carbocycles. The highest BCUT2D eigenvalue weighted by molar-refractivity contribution is 6.04. The molecule has 0 spiro atoms. The molecule has 110 valence electrons. The van der Waals surface area contributed by atoms with E-state index in [4.69, 9.17) is 5.73 Å². The van der Waals surface area contributed by atoms with Gasteiger partial charge in [-0.25, -0.2) is 0 Å². The van der Waals surface area contributed by atoms with Crippen LogP contribution in [-0.4, -0.2) is 20.0 Å². The lowest BCUT2D eigenvalue weighted by molar-refractivity contribution is 0.102. The monoisotopic (exact) mass is 283 g/mol. The van der Waals surface area contributed by atoms with Crippen molar-refractivity contribution in [3.05, 3.63) is 59.2 Å². The molecule has 4 heteroatoms. The number of benzene rings is 2. The van der Waals surface area contributed by atoms with Gasteiger partial charge in [-0.3, -0.25) is 4.79 Å². The van der Waals surface area contributed by atoms with Gasteiger partial charge in [0, 0.05) is 37.6 Å². The maximum Gasteiger partial charge on any atom is 0.255 e. The number of hydrogen-bond donors (Lipinski definition) is 2. The van der Waals surface area contributed by atoms with Crippen LogP contribution >= 0.6 is 0 Å². The molecule has 0 aliphatic carbocycles. The fourth-order valence-electron chi connectivity index (χ4n) is 2.16. The Hall–Kier alpha value is -2.33. The van der Waals surface area contributed by atoms with Crippen molar-refractivity contribution in [1.82, 2.24) is 0 Å². The first-order chi connectivity index (χ1) is 10.0. The lowest BCUT2D eigenvalue weighted by atomic mass is 10.1. The van der Waals surface area contributed by atoms with Crippen molar-refractivity contribution >= 4 is 17.3 Å². The maximum absolute atomic E-state index is 12.2. The predicted octanol–water partition coefficient (Wildman–Crippen LogP) is 2.77. The van der Waals surface area contributed by atoms with E-state index >= 15 is 0 Å². The Morgan fingerprint density at radius 3 is 2.38 bits per heavy atom. The molecule has 0 aliphatic rings. The van der Waals surface area contributed by atoms with Crippen molar-refractivity contribution in [3.63, 3.8) is 0 Å². The van der Waals surface area contributed by atoms with Crippen molar-refractivity contribution in [3.8, 4) is 0 Å². The number of carbonyl (C=O) groups is 1. The summed E-state index contributed by atoms with van der Waals surface area (Å²) in [4.78, 5) is 14.3. The summed E-state index contributed by atoms with van der Waals surface area (Å²) in [6.07, 6.45) is 0. The number of carbonyl (C=O) groups excluding carboxylic acids is 1. The van der Waals surface area contributed by atoms with Gasteiger partial charge in [-0.15, -0.1) is 0 Å². The van der Waals surface area contributed by atoms with Crippen LogP contribution in [0.5, 0.6) is 0 Å². The number of rotatable bonds is 4. The summed E-state index contributed by atoms with van der Waals surface area (Å²) in [6.45, 7) is 2.53. The molecule has 21 heavy (non-hydrogen) atoms. The van der Waals surface area contributed by atoms with Gasteiger partial charge in [0.05, 0.1) is 0 Å². The Balaban J connectivity index is 2.17. The van der Waals surface area contributed by atoms with Gasteiger partial charge in [0.1, 0.15) is 0 Å². The van der Waals surface area contributed by atoms with Crippen molar-refractivity contribution < 1.29 is 4.79 Å². The third-order valence-electron chi connectivity index (χ3n) is 3.40. The highest BCUT2D eigenvalue weighted by Gasteiger charge is 2.08. The summed E-state index contributed by atoms with van der Waals surface area (Å²) in [6, 6.07) is 13.2. The standard InChI is InChI=1S/C17H21N3O/c1-12-4-9-15(10-16(12)20(2)3)19-17(21)14-7-5-13(11-18)6-8-14/h4-10H,11,18H2,1-3H3,(H,19,21). The molecule has 0 unspecified atom stereocenters. The van der Waals surface area contributed by atoms with Crippen molar-refractivity contribution in [2.24, 2.45) is 5.73 Å². The lowest BCUT2D eigenvalue weighted by Gasteiger charge is -2.17. The summed E-state index contributed by atoms with van der Waals surface area (Å²) in [5.41, 5.74) is 10.2. The average Bonchev–Trinajstić information content (AvgIpc) is 2.49. The molecule has 0 saturated heterocycles. The predicted molar refractivity (Wildman–Crippen MR) is 87.8 cm³/mol. The van der Waals surface area contributed by atoms with E-state index in [9.17, 15) is 4.79 Å². The van der Waals surface area contributed by atoms with Crippen molar-refractivity contribution in [1.29, 1.82) is 0 Å². The molecular weight excluding hydrogens is 262 g/mol. The average molecular weight is 283 g/mol. The number of hydrogen-bond acceptors (Lipinski definition) is 3. The SMILES string of the molecule is Cc1ccc(NC(=O)c2ccc(CN)cc2)cc1N(C)C. The number of aryl methyl sites for hydroxylation is 1. The number of nitrogens with one attached hydrogen (secondary N) is 1. The van der Waals surface area contributed by atoms with Crippen LogP contribution in [-0.2, 0) is 6.54 Å². The summed E-state index contributed by atoms with van der Waals surface area (Å²) < 4.78 is 0. The largest absolute Gasteiger partial charge is 0.377 e. The fourth-order valence-corrected chi connectivity index (χ4v) is 2.16. The van der Waals surface area contributed by atoms with E-state index in [0.29, 0.717) is 12.1 Å². The zero-order chi connectivity index (χ0) is 15.4. The topological polar surface area (TPSA) is 58.4 Å². The van der Waals surface area contributed by atoms with E-state index in [-0.39, 0.29) is 5.91 Å². The van der Waals surface area contributed by atoms with E-state index in [1.54, 1.807) is 12.1 Å². The summed E-state index contributed by atoms with van der Waals surface area (Å²) in [7, 11) is 3.97. The first-order valence-electron chi connectivity index (χ1n) is 6.89. The number of nitrogens with zero attached hydrogens (tertiary/aromatic N) is 1. The van der Waals surface area contributed by atoms with Crippen LogP contribution in [0.1, 0.15) is 21.5 Å². The number of amides is 1. The van der Waals surface area contributed by atoms with Gasteiger partial charge in [-0.2, -0.15) is 0 Å². The molecule has 0 radical (unpaired) electrons. The Morgan fingerprint density at radius 1 is 1.14 bits per heavy atom. The van der Waals surface area contributed by atoms with Gasteiger partial charge in [-0.1, -0.05) is 18.2 Å². The van der Waals surface area contributed by atoms with E-state index in [1.165, 1.54) is 5.56 Å². The molecular formula is C17H21N3O. The Labute approximate surface area is 125 Å². The molecule has 0 bridgehead atoms. The second kappa shape index (κ2) is 6.41. The van der Waals surface area contributed by atoms with Crippen LogP contribution in [0, 0.1) is 6.92 Å². The van der Waals surface area contributed by atoms with E-state index in [0.717, 1.165) is 16.9 Å². The highest BCUT2D eigenvalue weighted by Crippen LogP contribution is 2.23. The minimum Gasteiger partial charge on any atom is -0.377 e. The first kappa shape index (κ1) is 15.1. The minimum atomic E-state index is -0.118. The van der Waals surface area contributed by atoms with Crippen LogP contribution in [0.3, 0.4) is 0 Å². The molecule has 4 nitrogen and oxygen atoms in total. The third-order valence-corrected chi connectivity index (χ3v) is 3.40. The molecule has 0 atom stereocenters.